The Morgan fingerprint density at radius 3 is 2.55 bits per heavy atom. The third kappa shape index (κ3) is 2.29. The summed E-state index contributed by atoms with van der Waals surface area (Å²) < 4.78 is 0. The minimum absolute atomic E-state index is 0.0716. The van der Waals surface area contributed by atoms with Gasteiger partial charge in [0.25, 0.3) is 0 Å². The predicted octanol–water partition coefficient (Wildman–Crippen LogP) is 4.28. The molecule has 0 saturated heterocycles. The molecule has 0 radical (unpaired) electrons. The van der Waals surface area contributed by atoms with E-state index in [2.05, 4.69) is 27.7 Å². The number of hydrogen-bond donors (Lipinski definition) is 2. The van der Waals surface area contributed by atoms with E-state index in [0.29, 0.717) is 11.3 Å². The molecular formula is C20H35NO. The van der Waals surface area contributed by atoms with E-state index >= 15 is 0 Å². The van der Waals surface area contributed by atoms with Crippen LogP contribution in [0.3, 0.4) is 0 Å². The highest BCUT2D eigenvalue weighted by Crippen LogP contribution is 2.64. The van der Waals surface area contributed by atoms with Gasteiger partial charge in [-0.2, -0.15) is 0 Å². The maximum absolute atomic E-state index is 10.5. The second-order valence-electron chi connectivity index (χ2n) is 9.11. The van der Waals surface area contributed by atoms with Gasteiger partial charge in [-0.05, 0) is 87.0 Å². The van der Waals surface area contributed by atoms with Gasteiger partial charge < -0.3 is 10.8 Å². The van der Waals surface area contributed by atoms with Crippen molar-refractivity contribution in [3.8, 4) is 0 Å². The van der Waals surface area contributed by atoms with Crippen molar-refractivity contribution in [1.29, 1.82) is 0 Å². The smallest absolute Gasteiger partial charge is 0.0594 e. The molecule has 2 heteroatoms. The first-order valence-corrected chi connectivity index (χ1v) is 9.39. The summed E-state index contributed by atoms with van der Waals surface area (Å²) in [6, 6.07) is 0. The van der Waals surface area contributed by atoms with Crippen LogP contribution < -0.4 is 5.73 Å². The van der Waals surface area contributed by atoms with Crippen molar-refractivity contribution in [1.82, 2.24) is 0 Å². The zero-order valence-corrected chi connectivity index (χ0v) is 15.0. The number of hydrogen-bond acceptors (Lipinski definition) is 2. The molecule has 126 valence electrons. The van der Waals surface area contributed by atoms with Crippen molar-refractivity contribution in [2.24, 2.45) is 34.3 Å². The predicted molar refractivity (Wildman–Crippen MR) is 92.4 cm³/mol. The van der Waals surface area contributed by atoms with E-state index in [1.807, 2.05) is 0 Å². The number of aliphatic hydroxyl groups is 1. The molecule has 3 aliphatic rings. The van der Waals surface area contributed by atoms with E-state index in [1.165, 1.54) is 32.1 Å². The van der Waals surface area contributed by atoms with Crippen molar-refractivity contribution in [3.05, 3.63) is 11.1 Å². The summed E-state index contributed by atoms with van der Waals surface area (Å²) in [6.45, 7) is 10.3. The molecule has 0 aromatic heterocycles. The Hall–Kier alpha value is -0.340. The third-order valence-electron chi connectivity index (χ3n) is 7.85. The fourth-order valence-electron chi connectivity index (χ4n) is 6.58. The molecule has 0 aromatic rings. The zero-order chi connectivity index (χ0) is 16.1. The Morgan fingerprint density at radius 1 is 1.14 bits per heavy atom. The van der Waals surface area contributed by atoms with Crippen LogP contribution in [-0.2, 0) is 0 Å². The quantitative estimate of drug-likeness (QED) is 0.748. The average molecular weight is 306 g/mol. The van der Waals surface area contributed by atoms with Crippen molar-refractivity contribution in [3.63, 3.8) is 0 Å². The number of fused-ring (bicyclic) bond motifs is 3. The third-order valence-corrected chi connectivity index (χ3v) is 7.85. The fraction of sp³-hybridized carbons (Fsp3) is 0.900. The number of rotatable bonds is 2. The van der Waals surface area contributed by atoms with Gasteiger partial charge in [-0.3, -0.25) is 0 Å². The topological polar surface area (TPSA) is 46.2 Å². The molecule has 0 aromatic carbocycles. The maximum Gasteiger partial charge on any atom is 0.0594 e. The number of aliphatic hydroxyl groups excluding tert-OH is 1. The standard InChI is InChI=1S/C20H35NO/c1-13-5-7-16-15(14(13)10-12-21)6-8-17-19(2,3)18(22)9-11-20(16,17)4/h15-18,22H,5-12,21H2,1-4H3/t15?,16-,17?,18?,20+/m0/s1. The summed E-state index contributed by atoms with van der Waals surface area (Å²) in [5.41, 5.74) is 9.71. The fourth-order valence-corrected chi connectivity index (χ4v) is 6.58. The second-order valence-corrected chi connectivity index (χ2v) is 9.11. The number of nitrogens with two attached hydrogens (primary N) is 1. The molecule has 0 aliphatic heterocycles. The SMILES string of the molecule is CC1=C(CCN)C2CCC3C(C)(C)C(O)CC[C@]3(C)[C@H]2CC1. The summed E-state index contributed by atoms with van der Waals surface area (Å²) in [6.07, 6.45) is 8.38. The molecule has 0 amide bonds. The van der Waals surface area contributed by atoms with E-state index in [0.717, 1.165) is 31.2 Å². The minimum atomic E-state index is -0.119. The monoisotopic (exact) mass is 305 g/mol. The van der Waals surface area contributed by atoms with E-state index < -0.39 is 0 Å². The average Bonchev–Trinajstić information content (AvgIpc) is 2.46. The van der Waals surface area contributed by atoms with Gasteiger partial charge >= 0.3 is 0 Å². The van der Waals surface area contributed by atoms with E-state index in [9.17, 15) is 5.11 Å². The Bertz CT molecular complexity index is 466. The summed E-state index contributed by atoms with van der Waals surface area (Å²) in [4.78, 5) is 0. The van der Waals surface area contributed by atoms with Crippen molar-refractivity contribution < 1.29 is 5.11 Å². The van der Waals surface area contributed by atoms with Crippen LogP contribution in [0.15, 0.2) is 11.1 Å². The molecule has 3 N–H and O–H groups in total. The highest BCUT2D eigenvalue weighted by atomic mass is 16.3. The van der Waals surface area contributed by atoms with Gasteiger partial charge in [0.1, 0.15) is 0 Å². The van der Waals surface area contributed by atoms with Crippen LogP contribution in [0.4, 0.5) is 0 Å². The summed E-state index contributed by atoms with van der Waals surface area (Å²) in [5, 5.41) is 10.5. The highest BCUT2D eigenvalue weighted by molar-refractivity contribution is 5.24. The lowest BCUT2D eigenvalue weighted by Gasteiger charge is -2.62. The molecule has 2 saturated carbocycles. The van der Waals surface area contributed by atoms with Gasteiger partial charge in [0.2, 0.25) is 0 Å². The van der Waals surface area contributed by atoms with Crippen LogP contribution in [0, 0.1) is 28.6 Å². The zero-order valence-electron chi connectivity index (χ0n) is 15.0. The van der Waals surface area contributed by atoms with Crippen molar-refractivity contribution in [2.75, 3.05) is 6.54 Å². The lowest BCUT2D eigenvalue weighted by Crippen LogP contribution is -2.56. The van der Waals surface area contributed by atoms with Crippen LogP contribution in [0.5, 0.6) is 0 Å². The maximum atomic E-state index is 10.5. The lowest BCUT2D eigenvalue weighted by molar-refractivity contribution is -0.149. The van der Waals surface area contributed by atoms with E-state index in [4.69, 9.17) is 5.73 Å². The first kappa shape index (κ1) is 16.5. The summed E-state index contributed by atoms with van der Waals surface area (Å²) in [5.74, 6) is 2.25. The molecule has 3 unspecified atom stereocenters. The van der Waals surface area contributed by atoms with Crippen LogP contribution in [0.1, 0.15) is 72.6 Å². The molecule has 5 atom stereocenters. The normalized spacial score (nSPS) is 44.5. The minimum Gasteiger partial charge on any atom is -0.393 e. The van der Waals surface area contributed by atoms with Gasteiger partial charge in [-0.1, -0.05) is 31.9 Å². The largest absolute Gasteiger partial charge is 0.393 e. The van der Waals surface area contributed by atoms with E-state index in [-0.39, 0.29) is 11.5 Å². The van der Waals surface area contributed by atoms with Crippen molar-refractivity contribution >= 4 is 0 Å². The first-order valence-electron chi connectivity index (χ1n) is 9.39. The first-order chi connectivity index (χ1) is 10.3. The van der Waals surface area contributed by atoms with Crippen LogP contribution in [-0.4, -0.2) is 17.8 Å². The molecule has 0 bridgehead atoms. The molecule has 2 nitrogen and oxygen atoms in total. The Kier molecular flexibility index (Phi) is 4.23. The Morgan fingerprint density at radius 2 is 1.86 bits per heavy atom. The second kappa shape index (κ2) is 5.63. The molecule has 2 fully saturated rings. The van der Waals surface area contributed by atoms with Gasteiger partial charge in [0.15, 0.2) is 0 Å². The Labute approximate surface area is 136 Å². The molecule has 22 heavy (non-hydrogen) atoms. The molecule has 3 aliphatic carbocycles. The highest BCUT2D eigenvalue weighted by Gasteiger charge is 2.57. The lowest BCUT2D eigenvalue weighted by atomic mass is 9.43. The van der Waals surface area contributed by atoms with Crippen molar-refractivity contribution in [2.45, 2.75) is 78.7 Å². The van der Waals surface area contributed by atoms with Gasteiger partial charge in [0.05, 0.1) is 6.10 Å². The van der Waals surface area contributed by atoms with Crippen LogP contribution in [0.25, 0.3) is 0 Å². The van der Waals surface area contributed by atoms with E-state index in [1.54, 1.807) is 11.1 Å². The Balaban J connectivity index is 1.94. The number of allylic oxidation sites excluding steroid dienone is 1. The van der Waals surface area contributed by atoms with Crippen LogP contribution in [0.2, 0.25) is 0 Å². The van der Waals surface area contributed by atoms with Crippen LogP contribution >= 0.6 is 0 Å². The summed E-state index contributed by atoms with van der Waals surface area (Å²) >= 11 is 0. The molecule has 0 spiro atoms. The molecule has 0 heterocycles. The molecular weight excluding hydrogens is 270 g/mol. The summed E-state index contributed by atoms with van der Waals surface area (Å²) in [7, 11) is 0. The van der Waals surface area contributed by atoms with Gasteiger partial charge in [0, 0.05) is 0 Å². The molecule has 3 rings (SSSR count). The van der Waals surface area contributed by atoms with Gasteiger partial charge in [-0.15, -0.1) is 0 Å². The van der Waals surface area contributed by atoms with Gasteiger partial charge in [-0.25, -0.2) is 0 Å².